The number of piperidine rings is 1. The Morgan fingerprint density at radius 1 is 1.22 bits per heavy atom. The van der Waals surface area contributed by atoms with E-state index in [2.05, 4.69) is 10.2 Å². The van der Waals surface area contributed by atoms with Gasteiger partial charge >= 0.3 is 0 Å². The Bertz CT molecular complexity index is 744. The molecule has 2 aromatic heterocycles. The molecule has 0 atom stereocenters. The smallest absolute Gasteiger partial charge is 0.251 e. The minimum absolute atomic E-state index is 0.0243. The van der Waals surface area contributed by atoms with Crippen molar-refractivity contribution in [2.45, 2.75) is 39.2 Å². The van der Waals surface area contributed by atoms with Crippen molar-refractivity contribution in [2.24, 2.45) is 0 Å². The van der Waals surface area contributed by atoms with Gasteiger partial charge in [-0.1, -0.05) is 6.92 Å². The molecule has 0 bridgehead atoms. The van der Waals surface area contributed by atoms with Gasteiger partial charge in [0.2, 0.25) is 17.7 Å². The lowest BCUT2D eigenvalue weighted by atomic mass is 10.1. The van der Waals surface area contributed by atoms with E-state index in [4.69, 9.17) is 4.42 Å². The first-order valence-corrected chi connectivity index (χ1v) is 7.98. The summed E-state index contributed by atoms with van der Waals surface area (Å²) in [6, 6.07) is 3.06. The second-order valence-electron chi connectivity index (χ2n) is 5.68. The molecule has 23 heavy (non-hydrogen) atoms. The number of amides is 1. The Kier molecular flexibility index (Phi) is 4.55. The average molecular weight is 316 g/mol. The van der Waals surface area contributed by atoms with Gasteiger partial charge in [-0.2, -0.15) is 0 Å². The van der Waals surface area contributed by atoms with Crippen LogP contribution in [0.3, 0.4) is 0 Å². The lowest BCUT2D eigenvalue weighted by Crippen LogP contribution is -2.39. The van der Waals surface area contributed by atoms with Crippen molar-refractivity contribution < 1.29 is 9.21 Å². The molecule has 0 saturated carbocycles. The van der Waals surface area contributed by atoms with Crippen molar-refractivity contribution in [3.63, 3.8) is 0 Å². The summed E-state index contributed by atoms with van der Waals surface area (Å²) < 4.78 is 6.91. The van der Waals surface area contributed by atoms with Gasteiger partial charge in [-0.15, -0.1) is 10.2 Å². The minimum Gasteiger partial charge on any atom is -0.421 e. The fourth-order valence-electron chi connectivity index (χ4n) is 2.68. The molecule has 1 fully saturated rings. The van der Waals surface area contributed by atoms with Crippen molar-refractivity contribution >= 4 is 5.91 Å². The van der Waals surface area contributed by atoms with Gasteiger partial charge in [0.15, 0.2) is 0 Å². The molecule has 7 nitrogen and oxygen atoms in total. The number of pyridine rings is 1. The van der Waals surface area contributed by atoms with Crippen molar-refractivity contribution in [1.29, 1.82) is 0 Å². The first kappa shape index (κ1) is 15.5. The third kappa shape index (κ3) is 3.49. The summed E-state index contributed by atoms with van der Waals surface area (Å²) in [5.41, 5.74) is 0.428. The number of aryl methyl sites for hydroxylation is 1. The highest BCUT2D eigenvalue weighted by atomic mass is 16.4. The molecule has 1 aliphatic heterocycles. The molecular formula is C16H20N4O3. The Morgan fingerprint density at radius 2 is 2.00 bits per heavy atom. The predicted molar refractivity (Wildman–Crippen MR) is 83.8 cm³/mol. The van der Waals surface area contributed by atoms with Crippen LogP contribution < -0.4 is 5.56 Å². The lowest BCUT2D eigenvalue weighted by molar-refractivity contribution is -0.132. The van der Waals surface area contributed by atoms with Crippen LogP contribution in [0.25, 0.3) is 11.5 Å². The van der Waals surface area contributed by atoms with Crippen LogP contribution in [-0.4, -0.2) is 38.7 Å². The zero-order valence-electron chi connectivity index (χ0n) is 13.2. The van der Waals surface area contributed by atoms with Crippen molar-refractivity contribution in [2.75, 3.05) is 13.1 Å². The first-order valence-electron chi connectivity index (χ1n) is 7.98. The lowest BCUT2D eigenvalue weighted by Gasteiger charge is -2.26. The molecule has 3 rings (SSSR count). The molecule has 0 unspecified atom stereocenters. The first-order chi connectivity index (χ1) is 11.2. The fourth-order valence-corrected chi connectivity index (χ4v) is 2.68. The van der Waals surface area contributed by atoms with Crippen LogP contribution in [0.1, 0.15) is 32.1 Å². The summed E-state index contributed by atoms with van der Waals surface area (Å²) in [5, 5.41) is 7.89. The zero-order chi connectivity index (χ0) is 16.2. The van der Waals surface area contributed by atoms with E-state index in [1.165, 1.54) is 10.6 Å². The van der Waals surface area contributed by atoms with Crippen LogP contribution in [0.5, 0.6) is 0 Å². The van der Waals surface area contributed by atoms with Gasteiger partial charge in [0.25, 0.3) is 5.56 Å². The maximum atomic E-state index is 12.3. The summed E-state index contributed by atoms with van der Waals surface area (Å²) in [6.07, 6.45) is 5.48. The monoisotopic (exact) mass is 316 g/mol. The molecule has 1 saturated heterocycles. The third-order valence-electron chi connectivity index (χ3n) is 4.01. The quantitative estimate of drug-likeness (QED) is 0.853. The second kappa shape index (κ2) is 6.76. The highest BCUT2D eigenvalue weighted by Crippen LogP contribution is 2.16. The number of nitrogens with zero attached hydrogens (tertiary/aromatic N) is 4. The summed E-state index contributed by atoms with van der Waals surface area (Å²) >= 11 is 0. The SMILES string of the molecule is CCc1nnc(-c2ccc(=O)n(CC(=O)N3CCCCC3)c2)o1. The topological polar surface area (TPSA) is 81.2 Å². The Labute approximate surface area is 133 Å². The van der Waals surface area contributed by atoms with Gasteiger partial charge in [0.1, 0.15) is 6.54 Å². The van der Waals surface area contributed by atoms with Crippen molar-refractivity contribution in [3.8, 4) is 11.5 Å². The van der Waals surface area contributed by atoms with Crippen LogP contribution in [0.15, 0.2) is 27.5 Å². The Morgan fingerprint density at radius 3 is 2.70 bits per heavy atom. The van der Waals surface area contributed by atoms with Gasteiger partial charge < -0.3 is 13.9 Å². The van der Waals surface area contributed by atoms with E-state index in [0.717, 1.165) is 32.4 Å². The molecule has 3 heterocycles. The van der Waals surface area contributed by atoms with E-state index in [0.29, 0.717) is 23.8 Å². The molecule has 7 heteroatoms. The molecule has 0 aromatic carbocycles. The summed E-state index contributed by atoms with van der Waals surface area (Å²) in [7, 11) is 0. The van der Waals surface area contributed by atoms with Crippen molar-refractivity contribution in [1.82, 2.24) is 19.7 Å². The number of hydrogen-bond acceptors (Lipinski definition) is 5. The maximum Gasteiger partial charge on any atom is 0.251 e. The normalized spacial score (nSPS) is 14.9. The molecule has 0 N–H and O–H groups in total. The van der Waals surface area contributed by atoms with Crippen LogP contribution in [-0.2, 0) is 17.8 Å². The number of likely N-dealkylation sites (tertiary alicyclic amines) is 1. The van der Waals surface area contributed by atoms with Gasteiger partial charge in [0.05, 0.1) is 5.56 Å². The Hall–Kier alpha value is -2.44. The van der Waals surface area contributed by atoms with Crippen LogP contribution in [0.2, 0.25) is 0 Å². The van der Waals surface area contributed by atoms with E-state index < -0.39 is 0 Å². The van der Waals surface area contributed by atoms with Gasteiger partial charge in [-0.25, -0.2) is 0 Å². The third-order valence-corrected chi connectivity index (χ3v) is 4.01. The van der Waals surface area contributed by atoms with E-state index >= 15 is 0 Å². The summed E-state index contributed by atoms with van der Waals surface area (Å²) in [4.78, 5) is 26.2. The fraction of sp³-hybridized carbons (Fsp3) is 0.500. The largest absolute Gasteiger partial charge is 0.421 e. The molecule has 122 valence electrons. The second-order valence-corrected chi connectivity index (χ2v) is 5.68. The summed E-state index contributed by atoms with van der Waals surface area (Å²) in [5.74, 6) is 0.881. The maximum absolute atomic E-state index is 12.3. The molecular weight excluding hydrogens is 296 g/mol. The van der Waals surface area contributed by atoms with Crippen LogP contribution in [0.4, 0.5) is 0 Å². The number of carbonyl (C=O) groups is 1. The molecule has 0 spiro atoms. The standard InChI is InChI=1S/C16H20N4O3/c1-2-13-17-18-16(23-13)12-6-7-14(21)20(10-12)11-15(22)19-8-4-3-5-9-19/h6-7,10H,2-5,8-9,11H2,1H3. The average Bonchev–Trinajstić information content (AvgIpc) is 3.07. The summed E-state index contributed by atoms with van der Waals surface area (Å²) in [6.45, 7) is 3.52. The number of rotatable bonds is 4. The zero-order valence-corrected chi connectivity index (χ0v) is 13.2. The number of carbonyl (C=O) groups excluding carboxylic acids is 1. The van der Waals surface area contributed by atoms with E-state index in [1.807, 2.05) is 11.8 Å². The molecule has 0 radical (unpaired) electrons. The molecule has 0 aliphatic carbocycles. The van der Waals surface area contributed by atoms with E-state index in [9.17, 15) is 9.59 Å². The van der Waals surface area contributed by atoms with Crippen molar-refractivity contribution in [3.05, 3.63) is 34.6 Å². The van der Waals surface area contributed by atoms with Gasteiger partial charge in [0, 0.05) is 31.8 Å². The number of aromatic nitrogens is 3. The predicted octanol–water partition coefficient (Wildman–Crippen LogP) is 1.47. The van der Waals surface area contributed by atoms with Gasteiger partial charge in [-0.3, -0.25) is 9.59 Å². The molecule has 1 aliphatic rings. The van der Waals surface area contributed by atoms with Crippen LogP contribution >= 0.6 is 0 Å². The highest BCUT2D eigenvalue weighted by Gasteiger charge is 2.17. The molecule has 2 aromatic rings. The van der Waals surface area contributed by atoms with E-state index in [-0.39, 0.29) is 18.0 Å². The minimum atomic E-state index is -0.214. The highest BCUT2D eigenvalue weighted by molar-refractivity contribution is 5.76. The number of hydrogen-bond donors (Lipinski definition) is 0. The molecule has 1 amide bonds. The Balaban J connectivity index is 1.80. The van der Waals surface area contributed by atoms with E-state index in [1.54, 1.807) is 12.3 Å². The van der Waals surface area contributed by atoms with Crippen LogP contribution in [0, 0.1) is 0 Å². The van der Waals surface area contributed by atoms with Gasteiger partial charge in [-0.05, 0) is 25.3 Å².